The molecule has 3 rings (SSSR count). The van der Waals surface area contributed by atoms with Crippen LogP contribution in [0.5, 0.6) is 0 Å². The normalized spacial score (nSPS) is 15.0. The maximum atomic E-state index is 14.4. The van der Waals surface area contributed by atoms with Crippen LogP contribution in [0.25, 0.3) is 6.08 Å². The summed E-state index contributed by atoms with van der Waals surface area (Å²) < 4.78 is 5.48. The lowest BCUT2D eigenvalue weighted by Gasteiger charge is -2.44. The van der Waals surface area contributed by atoms with Crippen molar-refractivity contribution in [2.45, 2.75) is 91.0 Å². The Hall–Kier alpha value is -3.32. The number of benzene rings is 2. The van der Waals surface area contributed by atoms with Crippen LogP contribution in [0.1, 0.15) is 83.0 Å². The number of carbonyl (C=O) groups is 3. The fraction of sp³-hybridized carbons (Fsp3) is 0.469. The summed E-state index contributed by atoms with van der Waals surface area (Å²) >= 11 is 6.46. The Morgan fingerprint density at radius 2 is 1.82 bits per heavy atom. The molecule has 7 nitrogen and oxygen atoms in total. The lowest BCUT2D eigenvalue weighted by atomic mass is 9.87. The van der Waals surface area contributed by atoms with E-state index in [0.717, 1.165) is 30.4 Å². The molecule has 40 heavy (non-hydrogen) atoms. The highest BCUT2D eigenvalue weighted by Crippen LogP contribution is 2.36. The van der Waals surface area contributed by atoms with E-state index in [0.29, 0.717) is 22.7 Å². The maximum Gasteiger partial charge on any atom is 0.408 e. The summed E-state index contributed by atoms with van der Waals surface area (Å²) in [5.74, 6) is -0.586. The summed E-state index contributed by atoms with van der Waals surface area (Å²) in [7, 11) is 0. The first-order valence-corrected chi connectivity index (χ1v) is 14.3. The van der Waals surface area contributed by atoms with E-state index in [1.165, 1.54) is 0 Å². The second-order valence-electron chi connectivity index (χ2n) is 11.9. The molecule has 2 aromatic carbocycles. The Bertz CT molecular complexity index is 1210. The van der Waals surface area contributed by atoms with Gasteiger partial charge in [0.1, 0.15) is 17.7 Å². The van der Waals surface area contributed by atoms with Gasteiger partial charge in [-0.15, -0.1) is 0 Å². The van der Waals surface area contributed by atoms with Crippen molar-refractivity contribution < 1.29 is 19.1 Å². The van der Waals surface area contributed by atoms with Crippen molar-refractivity contribution in [1.29, 1.82) is 0 Å². The zero-order chi connectivity index (χ0) is 29.6. The Balaban J connectivity index is 2.08. The van der Waals surface area contributed by atoms with Crippen LogP contribution < -0.4 is 10.6 Å². The predicted octanol–water partition coefficient (Wildman–Crippen LogP) is 7.29. The molecule has 0 spiro atoms. The Morgan fingerprint density at radius 1 is 1.15 bits per heavy atom. The number of rotatable bonds is 10. The fourth-order valence-corrected chi connectivity index (χ4v) is 5.05. The van der Waals surface area contributed by atoms with Gasteiger partial charge in [-0.1, -0.05) is 68.4 Å². The van der Waals surface area contributed by atoms with E-state index in [9.17, 15) is 14.4 Å². The van der Waals surface area contributed by atoms with Crippen molar-refractivity contribution in [2.75, 3.05) is 5.32 Å². The van der Waals surface area contributed by atoms with Crippen molar-refractivity contribution in [3.63, 3.8) is 0 Å². The zero-order valence-corrected chi connectivity index (χ0v) is 25.2. The number of amides is 3. The average molecular weight is 568 g/mol. The van der Waals surface area contributed by atoms with Crippen molar-refractivity contribution in [3.05, 3.63) is 70.8 Å². The first kappa shape index (κ1) is 31.2. The van der Waals surface area contributed by atoms with Crippen molar-refractivity contribution >= 4 is 41.3 Å². The van der Waals surface area contributed by atoms with Crippen LogP contribution in [0.15, 0.2) is 49.0 Å². The maximum absolute atomic E-state index is 14.4. The van der Waals surface area contributed by atoms with Crippen LogP contribution in [-0.2, 0) is 14.3 Å². The highest BCUT2D eigenvalue weighted by atomic mass is 35.5. The minimum Gasteiger partial charge on any atom is -0.444 e. The Labute approximate surface area is 243 Å². The Kier molecular flexibility index (Phi) is 10.4. The summed E-state index contributed by atoms with van der Waals surface area (Å²) in [6.45, 7) is 15.0. The highest BCUT2D eigenvalue weighted by molar-refractivity contribution is 6.34. The van der Waals surface area contributed by atoms with E-state index >= 15 is 0 Å². The molecule has 1 fully saturated rings. The molecule has 2 N–H and O–H groups in total. The second-order valence-corrected chi connectivity index (χ2v) is 12.3. The number of ether oxygens (including phenoxy) is 1. The summed E-state index contributed by atoms with van der Waals surface area (Å²) in [6, 6.07) is 10.9. The number of alkyl carbamates (subject to hydrolysis) is 1. The van der Waals surface area contributed by atoms with Crippen LogP contribution in [0.3, 0.4) is 0 Å². The quantitative estimate of drug-likeness (QED) is 0.315. The largest absolute Gasteiger partial charge is 0.444 e. The van der Waals surface area contributed by atoms with Gasteiger partial charge in [-0.05, 0) is 88.1 Å². The van der Waals surface area contributed by atoms with E-state index in [1.807, 2.05) is 57.2 Å². The summed E-state index contributed by atoms with van der Waals surface area (Å²) in [4.78, 5) is 43.0. The number of hydrogen-bond acceptors (Lipinski definition) is 4. The van der Waals surface area contributed by atoms with Crippen molar-refractivity contribution in [2.24, 2.45) is 5.92 Å². The van der Waals surface area contributed by atoms with Gasteiger partial charge in [-0.2, -0.15) is 0 Å². The number of nitrogens with one attached hydrogen (secondary N) is 2. The molecule has 0 saturated heterocycles. The van der Waals surface area contributed by atoms with E-state index in [1.54, 1.807) is 37.8 Å². The SMILES string of the molecule is C=Cc1cccc(C(C(=O)Nc2c(C)cccc2Cl)N(C(=O)C(CC(C)C)NC(=O)OC(C)(C)C)C2CCC2)c1. The fourth-order valence-electron chi connectivity index (χ4n) is 4.78. The smallest absolute Gasteiger partial charge is 0.408 e. The van der Waals surface area contributed by atoms with Crippen molar-refractivity contribution in [3.8, 4) is 0 Å². The van der Waals surface area contributed by atoms with Crippen LogP contribution in [-0.4, -0.2) is 40.5 Å². The lowest BCUT2D eigenvalue weighted by molar-refractivity contribution is -0.146. The van der Waals surface area contributed by atoms with Gasteiger partial charge in [0.25, 0.3) is 5.91 Å². The van der Waals surface area contributed by atoms with E-state index in [-0.39, 0.29) is 23.8 Å². The highest BCUT2D eigenvalue weighted by Gasteiger charge is 2.42. The number of para-hydroxylation sites is 1. The zero-order valence-electron chi connectivity index (χ0n) is 24.4. The molecule has 8 heteroatoms. The monoisotopic (exact) mass is 567 g/mol. The second kappa shape index (κ2) is 13.4. The molecule has 0 aliphatic heterocycles. The van der Waals surface area contributed by atoms with Gasteiger partial charge < -0.3 is 20.3 Å². The molecule has 0 bridgehead atoms. The van der Waals surface area contributed by atoms with Crippen LogP contribution in [0.2, 0.25) is 5.02 Å². The number of nitrogens with zero attached hydrogens (tertiary/aromatic N) is 1. The minimum absolute atomic E-state index is 0.106. The molecule has 0 heterocycles. The van der Waals surface area contributed by atoms with Gasteiger partial charge in [-0.3, -0.25) is 9.59 Å². The summed E-state index contributed by atoms with van der Waals surface area (Å²) in [6.07, 6.45) is 3.92. The molecule has 0 radical (unpaired) electrons. The average Bonchev–Trinajstić information content (AvgIpc) is 2.82. The van der Waals surface area contributed by atoms with E-state index in [4.69, 9.17) is 16.3 Å². The van der Waals surface area contributed by atoms with E-state index in [2.05, 4.69) is 17.2 Å². The van der Waals surface area contributed by atoms with Crippen LogP contribution >= 0.6 is 11.6 Å². The van der Waals surface area contributed by atoms with Gasteiger partial charge in [0.2, 0.25) is 5.91 Å². The number of halogens is 1. The van der Waals surface area contributed by atoms with Gasteiger partial charge in [0, 0.05) is 6.04 Å². The number of carbonyl (C=O) groups excluding carboxylic acids is 3. The molecular weight excluding hydrogens is 526 g/mol. The van der Waals surface area contributed by atoms with Gasteiger partial charge in [-0.25, -0.2) is 4.79 Å². The molecule has 2 aromatic rings. The number of aryl methyl sites for hydroxylation is 1. The molecule has 1 saturated carbocycles. The van der Waals surface area contributed by atoms with E-state index < -0.39 is 23.8 Å². The third-order valence-corrected chi connectivity index (χ3v) is 7.19. The third kappa shape index (κ3) is 8.10. The standard InChI is InChI=1S/C32H42ClN3O4/c1-8-22-13-10-14-23(19-22)28(29(37)35-27-21(4)12-9-17-25(27)33)36(24-15-11-16-24)30(38)26(18-20(2)3)34-31(39)40-32(5,6)7/h8-10,12-14,17,19-20,24,26,28H,1,11,15-16,18H2,2-7H3,(H,34,39)(H,35,37). The summed E-state index contributed by atoms with van der Waals surface area (Å²) in [5.41, 5.74) is 2.08. The first-order valence-electron chi connectivity index (χ1n) is 13.9. The summed E-state index contributed by atoms with van der Waals surface area (Å²) in [5, 5.41) is 6.22. The first-order chi connectivity index (χ1) is 18.8. The predicted molar refractivity (Wildman–Crippen MR) is 161 cm³/mol. The van der Waals surface area contributed by atoms with Gasteiger partial charge in [0.05, 0.1) is 10.7 Å². The lowest BCUT2D eigenvalue weighted by Crippen LogP contribution is -2.57. The molecule has 1 aliphatic rings. The Morgan fingerprint density at radius 3 is 2.38 bits per heavy atom. The third-order valence-electron chi connectivity index (χ3n) is 6.88. The molecular formula is C32H42ClN3O4. The molecule has 0 aromatic heterocycles. The minimum atomic E-state index is -0.955. The molecule has 2 atom stereocenters. The van der Waals surface area contributed by atoms with Gasteiger partial charge in [0.15, 0.2) is 0 Å². The molecule has 3 amide bonds. The van der Waals surface area contributed by atoms with Crippen LogP contribution in [0.4, 0.5) is 10.5 Å². The molecule has 1 aliphatic carbocycles. The molecule has 216 valence electrons. The van der Waals surface area contributed by atoms with Crippen LogP contribution in [0, 0.1) is 12.8 Å². The number of hydrogen-bond donors (Lipinski definition) is 2. The molecule has 2 unspecified atom stereocenters. The van der Waals surface area contributed by atoms with Crippen molar-refractivity contribution in [1.82, 2.24) is 10.2 Å². The number of anilines is 1. The topological polar surface area (TPSA) is 87.7 Å². The van der Waals surface area contributed by atoms with Gasteiger partial charge >= 0.3 is 6.09 Å².